The molecule has 0 aromatic carbocycles. The summed E-state index contributed by atoms with van der Waals surface area (Å²) < 4.78 is 42.1. The van der Waals surface area contributed by atoms with Crippen LogP contribution in [0.3, 0.4) is 0 Å². The fourth-order valence-electron chi connectivity index (χ4n) is 2.14. The van der Waals surface area contributed by atoms with Crippen molar-refractivity contribution in [3.05, 3.63) is 6.10 Å². The summed E-state index contributed by atoms with van der Waals surface area (Å²) in [7, 11) is -4.61. The minimum Gasteiger partial charge on any atom is -0.598 e. The molecule has 0 aliphatic rings. The molecule has 13 heteroatoms. The zero-order valence-electron chi connectivity index (χ0n) is 18.1. The zero-order valence-corrected chi connectivity index (χ0v) is 21.8. The van der Waals surface area contributed by atoms with Crippen molar-refractivity contribution in [1.82, 2.24) is 4.90 Å². The van der Waals surface area contributed by atoms with Gasteiger partial charge in [-0.25, -0.2) is 14.5 Å². The van der Waals surface area contributed by atoms with E-state index in [2.05, 4.69) is 0 Å². The molecule has 2 atom stereocenters. The van der Waals surface area contributed by atoms with Crippen LogP contribution in [0.1, 0.15) is 40.0 Å². The summed E-state index contributed by atoms with van der Waals surface area (Å²) in [5.74, 6) is -0.165. The molecule has 2 N–H and O–H groups in total. The van der Waals surface area contributed by atoms with Crippen LogP contribution < -0.4 is 39.3 Å². The maximum absolute atomic E-state index is 11.5. The molecular formula is C16H34NNaO9PS-. The van der Waals surface area contributed by atoms with Crippen LogP contribution in [0.2, 0.25) is 0 Å². The normalized spacial score (nSPS) is 13.4. The summed E-state index contributed by atoms with van der Waals surface area (Å²) in [5.41, 5.74) is 0. The molecule has 2 unspecified atom stereocenters. The molecule has 0 fully saturated rings. The second-order valence-corrected chi connectivity index (χ2v) is 9.14. The Bertz CT molecular complexity index is 493. The van der Waals surface area contributed by atoms with E-state index >= 15 is 0 Å². The molecule has 29 heavy (non-hydrogen) atoms. The van der Waals surface area contributed by atoms with Gasteiger partial charge in [0.1, 0.15) is 5.94 Å². The summed E-state index contributed by atoms with van der Waals surface area (Å²) in [4.78, 5) is 18.9. The Balaban J connectivity index is -0.00000123. The van der Waals surface area contributed by atoms with E-state index in [4.69, 9.17) is 28.9 Å². The SMILES string of the molecule is CCCS(=O)(=O)COCC(C)OCC(O)CN(C)CCC[C-](C)O.O=[P+]([O-])[O-].[Na+]. The smallest absolute Gasteiger partial charge is 0.598 e. The van der Waals surface area contributed by atoms with E-state index in [9.17, 15) is 13.5 Å². The fraction of sp³-hybridized carbons (Fsp3) is 0.938. The molecule has 0 saturated carbocycles. The second-order valence-electron chi connectivity index (χ2n) is 6.56. The van der Waals surface area contributed by atoms with Crippen molar-refractivity contribution in [3.8, 4) is 0 Å². The summed E-state index contributed by atoms with van der Waals surface area (Å²) in [6.07, 6.45) is 1.58. The van der Waals surface area contributed by atoms with Gasteiger partial charge >= 0.3 is 29.6 Å². The Morgan fingerprint density at radius 1 is 1.28 bits per heavy atom. The molecule has 0 aromatic heterocycles. The first-order valence-corrected chi connectivity index (χ1v) is 11.9. The minimum absolute atomic E-state index is 0. The van der Waals surface area contributed by atoms with E-state index in [0.29, 0.717) is 25.5 Å². The number of likely N-dealkylation sites (N-methyl/N-ethyl adjacent to an activating group) is 1. The number of aliphatic hydroxyl groups excluding tert-OH is 2. The number of aliphatic hydroxyl groups is 2. The van der Waals surface area contributed by atoms with E-state index < -0.39 is 24.2 Å². The van der Waals surface area contributed by atoms with Crippen LogP contribution >= 0.6 is 8.25 Å². The van der Waals surface area contributed by atoms with E-state index in [-0.39, 0.29) is 60.6 Å². The van der Waals surface area contributed by atoms with Gasteiger partial charge in [0.2, 0.25) is 0 Å². The van der Waals surface area contributed by atoms with Crippen molar-refractivity contribution in [2.24, 2.45) is 0 Å². The Kier molecular flexibility index (Phi) is 24.5. The molecule has 0 saturated heterocycles. The monoisotopic (exact) mass is 470 g/mol. The van der Waals surface area contributed by atoms with Crippen LogP contribution in [0.15, 0.2) is 0 Å². The third kappa shape index (κ3) is 28.8. The fourth-order valence-corrected chi connectivity index (χ4v) is 3.23. The first-order chi connectivity index (χ1) is 12.9. The summed E-state index contributed by atoms with van der Waals surface area (Å²) in [5, 5.41) is 19.1. The van der Waals surface area contributed by atoms with E-state index in [0.717, 1.165) is 13.0 Å². The van der Waals surface area contributed by atoms with Crippen LogP contribution in [-0.2, 0) is 23.9 Å². The molecule has 0 heterocycles. The largest absolute Gasteiger partial charge is 1.00 e. The van der Waals surface area contributed by atoms with Gasteiger partial charge in [0.05, 0.1) is 31.2 Å². The van der Waals surface area contributed by atoms with E-state index in [1.165, 1.54) is 0 Å². The molecule has 0 bridgehead atoms. The number of ether oxygens (including phenoxy) is 2. The van der Waals surface area contributed by atoms with E-state index in [1.807, 2.05) is 18.9 Å². The molecular weight excluding hydrogens is 436 g/mol. The second kappa shape index (κ2) is 20.7. The first-order valence-electron chi connectivity index (χ1n) is 8.98. The van der Waals surface area contributed by atoms with Crippen molar-refractivity contribution < 1.29 is 72.0 Å². The predicted molar refractivity (Wildman–Crippen MR) is 102 cm³/mol. The number of nitrogens with zero attached hydrogens (tertiary/aromatic N) is 1. The van der Waals surface area contributed by atoms with Crippen LogP contribution in [0.5, 0.6) is 0 Å². The van der Waals surface area contributed by atoms with E-state index in [1.54, 1.807) is 13.8 Å². The molecule has 170 valence electrons. The third-order valence-corrected chi connectivity index (χ3v) is 4.86. The Morgan fingerprint density at radius 3 is 2.31 bits per heavy atom. The summed E-state index contributed by atoms with van der Waals surface area (Å²) >= 11 is 0. The van der Waals surface area contributed by atoms with Crippen molar-refractivity contribution in [1.29, 1.82) is 0 Å². The molecule has 0 aliphatic heterocycles. The Hall–Kier alpha value is 0.770. The number of rotatable bonds is 15. The zero-order chi connectivity index (χ0) is 22.2. The first kappa shape index (κ1) is 34.4. The molecule has 0 aromatic rings. The van der Waals surface area contributed by atoms with Crippen LogP contribution in [0, 0.1) is 6.10 Å². The average Bonchev–Trinajstić information content (AvgIpc) is 2.51. The maximum atomic E-state index is 11.5. The van der Waals surface area contributed by atoms with Gasteiger partial charge in [-0.15, -0.1) is 0 Å². The number of hydrogen-bond acceptors (Lipinski definition) is 10. The minimum atomic E-state index is -3.37. The maximum Gasteiger partial charge on any atom is 1.00 e. The molecule has 0 amide bonds. The van der Waals surface area contributed by atoms with Crippen molar-refractivity contribution >= 4 is 18.1 Å². The van der Waals surface area contributed by atoms with Crippen LogP contribution in [-0.4, -0.2) is 80.8 Å². The van der Waals surface area contributed by atoms with Gasteiger partial charge in [0, 0.05) is 6.54 Å². The number of hydrogen-bond donors (Lipinski definition) is 2. The van der Waals surface area contributed by atoms with Gasteiger partial charge in [-0.1, -0.05) is 17.9 Å². The number of sulfone groups is 1. The van der Waals surface area contributed by atoms with Gasteiger partial charge in [-0.3, -0.25) is 0 Å². The molecule has 10 nitrogen and oxygen atoms in total. The predicted octanol–water partition coefficient (Wildman–Crippen LogP) is -3.44. The standard InChI is InChI=1S/C16H34NO6S.Na.HO3P/c1-5-9-24(20,21)13-22-11-15(3)23-12-16(19)10-17(4)8-6-7-14(2)18;;1-4(2)3/h15-16,18-19H,5-13H2,1-4H3;;(H,1,2,3)/q-1;+1;/p-1. The van der Waals surface area contributed by atoms with Gasteiger partial charge in [0.15, 0.2) is 9.84 Å². The average molecular weight is 470 g/mol. The molecule has 0 rings (SSSR count). The van der Waals surface area contributed by atoms with Crippen LogP contribution in [0.4, 0.5) is 0 Å². The summed E-state index contributed by atoms with van der Waals surface area (Å²) in [6, 6.07) is 0. The van der Waals surface area contributed by atoms with Gasteiger partial charge in [-0.05, 0) is 26.9 Å². The van der Waals surface area contributed by atoms with Gasteiger partial charge in [-0.2, -0.15) is 13.3 Å². The van der Waals surface area contributed by atoms with Gasteiger partial charge < -0.3 is 34.4 Å². The Labute approximate surface area is 197 Å². The van der Waals surface area contributed by atoms with Crippen molar-refractivity contribution in [2.45, 2.75) is 52.2 Å². The van der Waals surface area contributed by atoms with Gasteiger partial charge in [0.25, 0.3) is 8.25 Å². The molecule has 0 aliphatic carbocycles. The molecule has 0 spiro atoms. The quantitative estimate of drug-likeness (QED) is 0.140. The van der Waals surface area contributed by atoms with Crippen LogP contribution in [0.25, 0.3) is 0 Å². The summed E-state index contributed by atoms with van der Waals surface area (Å²) in [6.45, 7) is 6.87. The van der Waals surface area contributed by atoms with Crippen molar-refractivity contribution in [2.75, 3.05) is 45.0 Å². The third-order valence-electron chi connectivity index (χ3n) is 3.30. The molecule has 0 radical (unpaired) electrons. The Morgan fingerprint density at radius 2 is 1.83 bits per heavy atom. The van der Waals surface area contributed by atoms with Crippen molar-refractivity contribution in [3.63, 3.8) is 0 Å². The topological polar surface area (TPSA) is 159 Å².